The van der Waals surface area contributed by atoms with Gasteiger partial charge in [0.05, 0.1) is 12.0 Å². The zero-order valence-corrected chi connectivity index (χ0v) is 10.9. The Hall–Kier alpha value is -1.07. The molecule has 4 rings (SSSR count). The van der Waals surface area contributed by atoms with Crippen molar-refractivity contribution in [1.82, 2.24) is 4.31 Å². The van der Waals surface area contributed by atoms with Crippen LogP contribution in [0.4, 0.5) is 0 Å². The van der Waals surface area contributed by atoms with Crippen LogP contribution in [0.3, 0.4) is 0 Å². The van der Waals surface area contributed by atoms with Gasteiger partial charge in [0.15, 0.2) is 0 Å². The fraction of sp³-hybridized carbons (Fsp3) is 0.417. The molecule has 1 amide bonds. The second-order valence-corrected chi connectivity index (χ2v) is 7.56. The lowest BCUT2D eigenvalue weighted by Crippen LogP contribution is -2.63. The van der Waals surface area contributed by atoms with Crippen LogP contribution in [0.2, 0.25) is 0 Å². The number of fused-ring (bicyclic) bond motifs is 8. The van der Waals surface area contributed by atoms with Crippen LogP contribution in [0.15, 0.2) is 24.3 Å². The molecular weight excluding hydrogens is 274 g/mol. The standard InChI is InChI=1S/C12H10ClNO3S/c13-18(16,17)14-11-9-5-8(10(11)12(14)15)6-3-1-2-4-7(6)9/h1-4,8-11H,5H2/t8-,9+,10+,11+/m0/s1. The van der Waals surface area contributed by atoms with Crippen LogP contribution in [0.25, 0.3) is 0 Å². The molecule has 0 aromatic heterocycles. The maximum Gasteiger partial charge on any atom is 0.324 e. The predicted molar refractivity (Wildman–Crippen MR) is 65.4 cm³/mol. The molecule has 1 aromatic rings. The zero-order valence-electron chi connectivity index (χ0n) is 9.28. The van der Waals surface area contributed by atoms with Crippen LogP contribution in [-0.2, 0) is 14.0 Å². The first-order chi connectivity index (χ1) is 8.50. The van der Waals surface area contributed by atoms with E-state index >= 15 is 0 Å². The molecule has 18 heavy (non-hydrogen) atoms. The molecule has 1 heterocycles. The van der Waals surface area contributed by atoms with E-state index in [1.165, 1.54) is 11.1 Å². The molecule has 1 aromatic carbocycles. The van der Waals surface area contributed by atoms with Crippen LogP contribution in [-0.4, -0.2) is 24.7 Å². The van der Waals surface area contributed by atoms with Crippen LogP contribution in [0.1, 0.15) is 29.4 Å². The minimum absolute atomic E-state index is 0.127. The highest BCUT2D eigenvalue weighted by atomic mass is 35.7. The van der Waals surface area contributed by atoms with Crippen molar-refractivity contribution in [3.05, 3.63) is 35.4 Å². The second-order valence-electron chi connectivity index (χ2n) is 5.17. The number of hydrogen-bond donors (Lipinski definition) is 0. The Morgan fingerprint density at radius 3 is 2.39 bits per heavy atom. The lowest BCUT2D eigenvalue weighted by Gasteiger charge is -2.47. The molecule has 1 saturated heterocycles. The number of β-lactam (4-membered cyclic amide) rings is 1. The van der Waals surface area contributed by atoms with Gasteiger partial charge in [0.25, 0.3) is 0 Å². The van der Waals surface area contributed by atoms with Gasteiger partial charge in [0.1, 0.15) is 0 Å². The monoisotopic (exact) mass is 283 g/mol. The minimum atomic E-state index is -3.94. The van der Waals surface area contributed by atoms with Crippen molar-refractivity contribution in [1.29, 1.82) is 0 Å². The van der Waals surface area contributed by atoms with Gasteiger partial charge >= 0.3 is 9.24 Å². The third-order valence-electron chi connectivity index (χ3n) is 4.52. The van der Waals surface area contributed by atoms with Gasteiger partial charge in [0, 0.05) is 16.6 Å². The number of nitrogens with zero attached hydrogens (tertiary/aromatic N) is 1. The summed E-state index contributed by atoms with van der Waals surface area (Å²) in [5, 5.41) is 0. The molecule has 2 fully saturated rings. The van der Waals surface area contributed by atoms with E-state index in [1.807, 2.05) is 24.3 Å². The Bertz CT molecular complexity index is 672. The second kappa shape index (κ2) is 3.08. The van der Waals surface area contributed by atoms with Gasteiger partial charge in [0.2, 0.25) is 5.91 Å². The predicted octanol–water partition coefficient (Wildman–Crippen LogP) is 1.58. The van der Waals surface area contributed by atoms with Crippen LogP contribution in [0.5, 0.6) is 0 Å². The highest BCUT2D eigenvalue weighted by Gasteiger charge is 2.66. The van der Waals surface area contributed by atoms with Crippen molar-refractivity contribution < 1.29 is 13.2 Å². The molecule has 3 aliphatic rings. The molecule has 2 aliphatic carbocycles. The van der Waals surface area contributed by atoms with Crippen molar-refractivity contribution in [2.45, 2.75) is 24.3 Å². The maximum absolute atomic E-state index is 12.0. The normalized spacial score (nSPS) is 36.3. The van der Waals surface area contributed by atoms with Gasteiger partial charge in [-0.05, 0) is 23.5 Å². The number of benzene rings is 1. The summed E-state index contributed by atoms with van der Waals surface area (Å²) in [6.45, 7) is 0. The van der Waals surface area contributed by atoms with Crippen molar-refractivity contribution in [2.75, 3.05) is 0 Å². The molecule has 94 valence electrons. The number of hydrogen-bond acceptors (Lipinski definition) is 3. The minimum Gasteiger partial charge on any atom is -0.273 e. The number of carbonyl (C=O) groups excluding carboxylic acids is 1. The van der Waals surface area contributed by atoms with Crippen LogP contribution >= 0.6 is 10.7 Å². The number of halogens is 1. The summed E-state index contributed by atoms with van der Waals surface area (Å²) in [4.78, 5) is 12.0. The fourth-order valence-electron chi connectivity index (χ4n) is 3.96. The average molecular weight is 284 g/mol. The molecule has 0 unspecified atom stereocenters. The Labute approximate surface area is 109 Å². The van der Waals surface area contributed by atoms with E-state index in [4.69, 9.17) is 10.7 Å². The summed E-state index contributed by atoms with van der Waals surface area (Å²) in [6.07, 6.45) is 0.864. The first-order valence-corrected chi connectivity index (χ1v) is 8.13. The first kappa shape index (κ1) is 10.8. The molecular formula is C12H10ClNO3S. The molecule has 4 nitrogen and oxygen atoms in total. The maximum atomic E-state index is 12.0. The molecule has 1 saturated carbocycles. The summed E-state index contributed by atoms with van der Waals surface area (Å²) in [7, 11) is 1.40. The van der Waals surface area contributed by atoms with E-state index in [0.717, 1.165) is 10.7 Å². The van der Waals surface area contributed by atoms with Gasteiger partial charge in [-0.15, -0.1) is 0 Å². The largest absolute Gasteiger partial charge is 0.324 e. The molecule has 6 heteroatoms. The van der Waals surface area contributed by atoms with Gasteiger partial charge in [-0.2, -0.15) is 8.42 Å². The topological polar surface area (TPSA) is 54.5 Å². The average Bonchev–Trinajstić information content (AvgIpc) is 2.79. The summed E-state index contributed by atoms with van der Waals surface area (Å²) in [5.74, 6) is -0.212. The first-order valence-electron chi connectivity index (χ1n) is 5.87. The number of amides is 1. The molecule has 0 radical (unpaired) electrons. The van der Waals surface area contributed by atoms with E-state index in [2.05, 4.69) is 0 Å². The van der Waals surface area contributed by atoms with Crippen LogP contribution in [0, 0.1) is 5.92 Å². The van der Waals surface area contributed by atoms with Gasteiger partial charge < -0.3 is 0 Å². The van der Waals surface area contributed by atoms with Crippen LogP contribution < -0.4 is 0 Å². The smallest absolute Gasteiger partial charge is 0.273 e. The number of carbonyl (C=O) groups is 1. The summed E-state index contributed by atoms with van der Waals surface area (Å²) < 4.78 is 23.7. The van der Waals surface area contributed by atoms with E-state index in [0.29, 0.717) is 0 Å². The van der Waals surface area contributed by atoms with E-state index < -0.39 is 9.24 Å². The summed E-state index contributed by atoms with van der Waals surface area (Å²) in [6, 6.07) is 7.74. The summed E-state index contributed by atoms with van der Waals surface area (Å²) >= 11 is 0. The lowest BCUT2D eigenvalue weighted by atomic mass is 9.75. The van der Waals surface area contributed by atoms with Gasteiger partial charge in [-0.3, -0.25) is 4.79 Å². The van der Waals surface area contributed by atoms with Gasteiger partial charge in [-0.1, -0.05) is 24.3 Å². The zero-order chi connectivity index (χ0) is 12.7. The molecule has 0 N–H and O–H groups in total. The van der Waals surface area contributed by atoms with Crippen molar-refractivity contribution in [3.8, 4) is 0 Å². The van der Waals surface area contributed by atoms with Crippen molar-refractivity contribution >= 4 is 25.8 Å². The molecule has 0 spiro atoms. The SMILES string of the molecule is O=C1[C@H]2[C@@H]([C@@H]3C[C@H]2c2ccccc23)N1S(=O)(=O)Cl. The van der Waals surface area contributed by atoms with E-state index in [-0.39, 0.29) is 29.7 Å². The number of rotatable bonds is 1. The Balaban J connectivity index is 1.84. The highest BCUT2D eigenvalue weighted by Crippen LogP contribution is 2.62. The summed E-state index contributed by atoms with van der Waals surface area (Å²) in [5.41, 5.74) is 2.39. The lowest BCUT2D eigenvalue weighted by molar-refractivity contribution is -0.145. The van der Waals surface area contributed by atoms with Gasteiger partial charge in [-0.25, -0.2) is 4.31 Å². The van der Waals surface area contributed by atoms with E-state index in [1.54, 1.807) is 0 Å². The van der Waals surface area contributed by atoms with Crippen molar-refractivity contribution in [2.24, 2.45) is 5.92 Å². The third-order valence-corrected chi connectivity index (χ3v) is 5.86. The molecule has 1 aliphatic heterocycles. The molecule has 2 bridgehead atoms. The van der Waals surface area contributed by atoms with E-state index in [9.17, 15) is 13.2 Å². The Morgan fingerprint density at radius 2 is 1.78 bits per heavy atom. The van der Waals surface area contributed by atoms with Crippen molar-refractivity contribution in [3.63, 3.8) is 0 Å². The Morgan fingerprint density at radius 1 is 1.17 bits per heavy atom. The third kappa shape index (κ3) is 1.07. The fourth-order valence-corrected chi connectivity index (χ4v) is 5.34. The Kier molecular flexibility index (Phi) is 1.85. The molecule has 4 atom stereocenters. The quantitative estimate of drug-likeness (QED) is 0.581. The highest BCUT2D eigenvalue weighted by molar-refractivity contribution is 8.12.